The molecule has 0 amide bonds. The zero-order valence-electron chi connectivity index (χ0n) is 17.1. The lowest BCUT2D eigenvalue weighted by atomic mass is 9.95. The number of unbranched alkanes of at least 4 members (excludes halogenated alkanes) is 2. The number of ether oxygens (including phenoxy) is 1. The number of thiazole rings is 1. The van der Waals surface area contributed by atoms with E-state index in [4.69, 9.17) is 10.5 Å². The van der Waals surface area contributed by atoms with Crippen LogP contribution in [0.4, 0.5) is 5.13 Å². The minimum Gasteiger partial charge on any atom is -0.504 e. The highest BCUT2D eigenvalue weighted by atomic mass is 32.1. The normalized spacial score (nSPS) is 16.3. The predicted octanol–water partition coefficient (Wildman–Crippen LogP) is 4.42. The molecule has 3 N–H and O–H groups in total. The van der Waals surface area contributed by atoms with Crippen LogP contribution < -0.4 is 10.5 Å². The van der Waals surface area contributed by atoms with E-state index < -0.39 is 0 Å². The number of anilines is 1. The smallest absolute Gasteiger partial charge is 0.180 e. The number of hydrogen-bond acceptors (Lipinski definition) is 6. The number of methoxy groups -OCH3 is 1. The standard InChI is InChI=1S/C22H33N3O2S/c1-3-12-25(17-9-10-18-21(15-17)28-22(23)24-18)13-6-4-5-7-16-8-11-19(26)20(14-16)27-2/h8,11,14,17,26H,3-7,9-10,12-13,15H2,1-2H3,(H2,23,24). The minimum absolute atomic E-state index is 0.208. The first-order chi connectivity index (χ1) is 13.6. The summed E-state index contributed by atoms with van der Waals surface area (Å²) in [4.78, 5) is 8.56. The average molecular weight is 404 g/mol. The van der Waals surface area contributed by atoms with E-state index in [1.54, 1.807) is 24.5 Å². The molecule has 0 bridgehead atoms. The highest BCUT2D eigenvalue weighted by Crippen LogP contribution is 2.30. The molecular formula is C22H33N3O2S. The van der Waals surface area contributed by atoms with E-state index in [1.807, 2.05) is 12.1 Å². The predicted molar refractivity (Wildman–Crippen MR) is 116 cm³/mol. The van der Waals surface area contributed by atoms with Crippen LogP contribution in [0.5, 0.6) is 11.5 Å². The lowest BCUT2D eigenvalue weighted by Gasteiger charge is -2.33. The molecule has 6 heteroatoms. The van der Waals surface area contributed by atoms with Gasteiger partial charge in [-0.15, -0.1) is 11.3 Å². The summed E-state index contributed by atoms with van der Waals surface area (Å²) in [6.07, 6.45) is 9.20. The molecule has 0 radical (unpaired) electrons. The molecule has 0 fully saturated rings. The summed E-state index contributed by atoms with van der Waals surface area (Å²) in [5, 5.41) is 10.4. The van der Waals surface area contributed by atoms with E-state index in [9.17, 15) is 5.11 Å². The highest BCUT2D eigenvalue weighted by Gasteiger charge is 2.26. The molecule has 28 heavy (non-hydrogen) atoms. The van der Waals surface area contributed by atoms with Gasteiger partial charge >= 0.3 is 0 Å². The van der Waals surface area contributed by atoms with Crippen LogP contribution in [-0.2, 0) is 19.3 Å². The van der Waals surface area contributed by atoms with Crippen LogP contribution >= 0.6 is 11.3 Å². The van der Waals surface area contributed by atoms with Crippen molar-refractivity contribution in [1.29, 1.82) is 0 Å². The summed E-state index contributed by atoms with van der Waals surface area (Å²) in [7, 11) is 1.59. The van der Waals surface area contributed by atoms with Crippen molar-refractivity contribution in [2.45, 2.75) is 64.3 Å². The van der Waals surface area contributed by atoms with Gasteiger partial charge in [-0.25, -0.2) is 4.98 Å². The Kier molecular flexibility index (Phi) is 7.57. The van der Waals surface area contributed by atoms with E-state index >= 15 is 0 Å². The van der Waals surface area contributed by atoms with Gasteiger partial charge in [-0.05, 0) is 75.7 Å². The van der Waals surface area contributed by atoms with E-state index in [0.717, 1.165) is 30.8 Å². The molecule has 1 aromatic carbocycles. The van der Waals surface area contributed by atoms with Crippen LogP contribution in [0.3, 0.4) is 0 Å². The number of nitrogen functional groups attached to an aromatic ring is 1. The molecule has 0 saturated carbocycles. The Balaban J connectivity index is 1.44. The van der Waals surface area contributed by atoms with Crippen LogP contribution in [0.15, 0.2) is 18.2 Å². The molecule has 1 aliphatic carbocycles. The average Bonchev–Trinajstić information content (AvgIpc) is 3.07. The van der Waals surface area contributed by atoms with E-state index in [1.165, 1.54) is 54.9 Å². The lowest BCUT2D eigenvalue weighted by Crippen LogP contribution is -2.40. The van der Waals surface area contributed by atoms with Crippen molar-refractivity contribution < 1.29 is 9.84 Å². The second kappa shape index (κ2) is 10.1. The van der Waals surface area contributed by atoms with Gasteiger partial charge in [0.15, 0.2) is 16.6 Å². The Bertz CT molecular complexity index is 762. The number of phenols is 1. The number of rotatable bonds is 10. The summed E-state index contributed by atoms with van der Waals surface area (Å²) in [5.41, 5.74) is 8.36. The van der Waals surface area contributed by atoms with Gasteiger partial charge in [-0.1, -0.05) is 19.4 Å². The number of fused-ring (bicyclic) bond motifs is 1. The van der Waals surface area contributed by atoms with E-state index in [0.29, 0.717) is 11.8 Å². The Morgan fingerprint density at radius 3 is 2.93 bits per heavy atom. The van der Waals surface area contributed by atoms with Gasteiger partial charge in [0.25, 0.3) is 0 Å². The van der Waals surface area contributed by atoms with Crippen molar-refractivity contribution >= 4 is 16.5 Å². The fourth-order valence-electron chi connectivity index (χ4n) is 4.15. The first-order valence-electron chi connectivity index (χ1n) is 10.4. The number of aromatic hydroxyl groups is 1. The fourth-order valence-corrected chi connectivity index (χ4v) is 5.10. The molecule has 0 spiro atoms. The molecule has 1 aromatic heterocycles. The summed E-state index contributed by atoms with van der Waals surface area (Å²) >= 11 is 1.67. The van der Waals surface area contributed by atoms with Crippen LogP contribution in [0, 0.1) is 0 Å². The van der Waals surface area contributed by atoms with Crippen LogP contribution in [0.2, 0.25) is 0 Å². The monoisotopic (exact) mass is 403 g/mol. The number of aromatic nitrogens is 1. The number of hydrogen-bond donors (Lipinski definition) is 2. The SMILES string of the molecule is CCCN(CCCCCc1ccc(O)c(OC)c1)C1CCc2nc(N)sc2C1. The van der Waals surface area contributed by atoms with Crippen LogP contribution in [0.25, 0.3) is 0 Å². The van der Waals surface area contributed by atoms with Crippen molar-refractivity contribution in [3.05, 3.63) is 34.3 Å². The van der Waals surface area contributed by atoms with Crippen molar-refractivity contribution in [2.24, 2.45) is 0 Å². The Morgan fingerprint density at radius 2 is 2.14 bits per heavy atom. The fraction of sp³-hybridized carbons (Fsp3) is 0.591. The van der Waals surface area contributed by atoms with Crippen LogP contribution in [0.1, 0.15) is 55.2 Å². The number of nitrogens with zero attached hydrogens (tertiary/aromatic N) is 2. The third kappa shape index (κ3) is 5.39. The molecule has 0 aliphatic heterocycles. The molecule has 1 aliphatic rings. The van der Waals surface area contributed by atoms with Crippen molar-refractivity contribution in [3.8, 4) is 11.5 Å². The third-order valence-electron chi connectivity index (χ3n) is 5.61. The van der Waals surface area contributed by atoms with Crippen molar-refractivity contribution in [3.63, 3.8) is 0 Å². The molecule has 0 saturated heterocycles. The Hall–Kier alpha value is -1.79. The molecular weight excluding hydrogens is 370 g/mol. The number of nitrogens with two attached hydrogens (primary N) is 1. The second-order valence-electron chi connectivity index (χ2n) is 7.67. The second-order valence-corrected chi connectivity index (χ2v) is 8.79. The third-order valence-corrected chi connectivity index (χ3v) is 6.56. The maximum absolute atomic E-state index is 9.70. The van der Waals surface area contributed by atoms with Crippen molar-refractivity contribution in [1.82, 2.24) is 9.88 Å². The number of benzene rings is 1. The molecule has 1 atom stereocenters. The Labute approximate surface area is 172 Å². The van der Waals surface area contributed by atoms with Gasteiger partial charge in [-0.2, -0.15) is 0 Å². The Morgan fingerprint density at radius 1 is 1.29 bits per heavy atom. The lowest BCUT2D eigenvalue weighted by molar-refractivity contribution is 0.176. The molecule has 154 valence electrons. The molecule has 3 rings (SSSR count). The highest BCUT2D eigenvalue weighted by molar-refractivity contribution is 7.15. The maximum atomic E-state index is 9.70. The zero-order valence-corrected chi connectivity index (χ0v) is 17.9. The zero-order chi connectivity index (χ0) is 19.9. The van der Waals surface area contributed by atoms with E-state index in [2.05, 4.69) is 16.8 Å². The van der Waals surface area contributed by atoms with Gasteiger partial charge in [0.05, 0.1) is 12.8 Å². The topological polar surface area (TPSA) is 71.6 Å². The quantitative estimate of drug-likeness (QED) is 0.575. The minimum atomic E-state index is 0.208. The largest absolute Gasteiger partial charge is 0.504 e. The maximum Gasteiger partial charge on any atom is 0.180 e. The first kappa shape index (κ1) is 20.9. The molecule has 2 aromatic rings. The van der Waals surface area contributed by atoms with Gasteiger partial charge < -0.3 is 20.5 Å². The van der Waals surface area contributed by atoms with Gasteiger partial charge in [-0.3, -0.25) is 0 Å². The molecule has 1 unspecified atom stereocenters. The first-order valence-corrected chi connectivity index (χ1v) is 11.3. The van der Waals surface area contributed by atoms with E-state index in [-0.39, 0.29) is 5.75 Å². The summed E-state index contributed by atoms with van der Waals surface area (Å²) < 4.78 is 5.20. The number of phenolic OH excluding ortho intramolecular Hbond substituents is 1. The summed E-state index contributed by atoms with van der Waals surface area (Å²) in [6.45, 7) is 4.61. The number of aryl methyl sites for hydroxylation is 2. The summed E-state index contributed by atoms with van der Waals surface area (Å²) in [5.74, 6) is 0.770. The van der Waals surface area contributed by atoms with Crippen molar-refractivity contribution in [2.75, 3.05) is 25.9 Å². The van der Waals surface area contributed by atoms with Gasteiger partial charge in [0.1, 0.15) is 0 Å². The van der Waals surface area contributed by atoms with Gasteiger partial charge in [0.2, 0.25) is 0 Å². The van der Waals surface area contributed by atoms with Gasteiger partial charge in [0, 0.05) is 10.9 Å². The molecule has 1 heterocycles. The van der Waals surface area contributed by atoms with Crippen LogP contribution in [-0.4, -0.2) is 41.2 Å². The molecule has 5 nitrogen and oxygen atoms in total. The summed E-state index contributed by atoms with van der Waals surface area (Å²) in [6, 6.07) is 6.29.